The Morgan fingerprint density at radius 2 is 1.96 bits per heavy atom. The van der Waals surface area contributed by atoms with E-state index >= 15 is 0 Å². The number of hydrogen-bond donors (Lipinski definition) is 1. The summed E-state index contributed by atoms with van der Waals surface area (Å²) in [6.45, 7) is 1.86. The molecule has 2 aromatic carbocycles. The molecule has 0 spiro atoms. The van der Waals surface area contributed by atoms with Crippen LogP contribution in [0.2, 0.25) is 0 Å². The Balaban J connectivity index is 1.93. The van der Waals surface area contributed by atoms with Crippen LogP contribution in [0.4, 0.5) is 11.4 Å². The fourth-order valence-corrected chi connectivity index (χ4v) is 3.06. The smallest absolute Gasteiger partial charge is 0.283 e. The molecule has 0 aliphatic heterocycles. The zero-order valence-corrected chi connectivity index (χ0v) is 15.0. The topological polar surface area (TPSA) is 71.1 Å². The van der Waals surface area contributed by atoms with Crippen molar-refractivity contribution < 1.29 is 9.53 Å². The lowest BCUT2D eigenvalue weighted by Gasteiger charge is -2.24. The Hall–Kier alpha value is -3.67. The fraction of sp³-hybridized carbons (Fsp3) is 0.0952. The number of pyridine rings is 1. The summed E-state index contributed by atoms with van der Waals surface area (Å²) in [7, 11) is 1.60. The van der Waals surface area contributed by atoms with Crippen LogP contribution in [0.25, 0.3) is 10.8 Å². The van der Waals surface area contributed by atoms with Crippen molar-refractivity contribution in [3.8, 4) is 5.75 Å². The Bertz CT molecular complexity index is 1110. The Morgan fingerprint density at radius 1 is 1.11 bits per heavy atom. The second kappa shape index (κ2) is 6.92. The molecule has 0 unspecified atom stereocenters. The van der Waals surface area contributed by atoms with Crippen LogP contribution in [-0.2, 0) is 0 Å². The number of rotatable bonds is 4. The van der Waals surface area contributed by atoms with Crippen LogP contribution in [-0.4, -0.2) is 28.2 Å². The van der Waals surface area contributed by atoms with Crippen molar-refractivity contribution in [1.82, 2.24) is 15.2 Å². The van der Waals surface area contributed by atoms with Crippen LogP contribution < -0.4 is 9.64 Å². The first kappa shape index (κ1) is 16.8. The van der Waals surface area contributed by atoms with E-state index in [-0.39, 0.29) is 5.91 Å². The van der Waals surface area contributed by atoms with Crippen LogP contribution in [0.15, 0.2) is 67.0 Å². The van der Waals surface area contributed by atoms with Crippen molar-refractivity contribution in [2.24, 2.45) is 0 Å². The van der Waals surface area contributed by atoms with Gasteiger partial charge >= 0.3 is 0 Å². The summed E-state index contributed by atoms with van der Waals surface area (Å²) >= 11 is 0. The van der Waals surface area contributed by atoms with Crippen molar-refractivity contribution in [3.05, 3.63) is 78.4 Å². The summed E-state index contributed by atoms with van der Waals surface area (Å²) in [5.74, 6) is 0.447. The molecule has 0 fully saturated rings. The third-order valence-electron chi connectivity index (χ3n) is 4.34. The van der Waals surface area contributed by atoms with Gasteiger partial charge in [-0.1, -0.05) is 18.2 Å². The molecule has 0 aliphatic carbocycles. The number of H-pyrrole nitrogens is 1. The monoisotopic (exact) mass is 358 g/mol. The number of anilines is 2. The highest BCUT2D eigenvalue weighted by Gasteiger charge is 2.24. The number of amides is 1. The van der Waals surface area contributed by atoms with Crippen LogP contribution in [0.3, 0.4) is 0 Å². The summed E-state index contributed by atoms with van der Waals surface area (Å²) in [6.07, 6.45) is 3.50. The van der Waals surface area contributed by atoms with E-state index in [1.54, 1.807) is 30.5 Å². The predicted molar refractivity (Wildman–Crippen MR) is 105 cm³/mol. The molecule has 0 bridgehead atoms. The van der Waals surface area contributed by atoms with E-state index in [2.05, 4.69) is 15.2 Å². The summed E-state index contributed by atoms with van der Waals surface area (Å²) in [4.78, 5) is 19.2. The van der Waals surface area contributed by atoms with Crippen molar-refractivity contribution in [2.45, 2.75) is 6.92 Å². The molecule has 0 saturated carbocycles. The highest BCUT2D eigenvalue weighted by Crippen LogP contribution is 2.34. The number of carbonyl (C=O) groups is 1. The summed E-state index contributed by atoms with van der Waals surface area (Å²) in [6, 6.07) is 16.9. The second-order valence-electron chi connectivity index (χ2n) is 6.15. The SMILES string of the molecule is COc1cccc(N(C(=O)c2cc(C)[nH]n2)c2cccc3cnccc23)c1. The molecule has 27 heavy (non-hydrogen) atoms. The number of methoxy groups -OCH3 is 1. The van der Waals surface area contributed by atoms with E-state index in [1.807, 2.05) is 55.5 Å². The molecule has 0 saturated heterocycles. The zero-order valence-electron chi connectivity index (χ0n) is 15.0. The second-order valence-corrected chi connectivity index (χ2v) is 6.15. The standard InChI is InChI=1S/C21H18N4O2/c1-14-11-19(24-23-14)21(26)25(16-6-4-7-17(12-16)27-2)20-8-3-5-15-13-22-10-9-18(15)20/h3-13H,1-2H3,(H,23,24). The number of carbonyl (C=O) groups excluding carboxylic acids is 1. The van der Waals surface area contributed by atoms with Gasteiger partial charge in [0.1, 0.15) is 5.75 Å². The molecular formula is C21H18N4O2. The van der Waals surface area contributed by atoms with Gasteiger partial charge in [-0.2, -0.15) is 5.10 Å². The van der Waals surface area contributed by atoms with Gasteiger partial charge in [-0.3, -0.25) is 19.8 Å². The molecule has 4 rings (SSSR count). The third kappa shape index (κ3) is 3.13. The average molecular weight is 358 g/mol. The fourth-order valence-electron chi connectivity index (χ4n) is 3.06. The first-order chi connectivity index (χ1) is 13.2. The summed E-state index contributed by atoms with van der Waals surface area (Å²) in [5.41, 5.74) is 2.63. The number of fused-ring (bicyclic) bond motifs is 1. The Kier molecular flexibility index (Phi) is 4.30. The number of benzene rings is 2. The van der Waals surface area contributed by atoms with E-state index in [0.29, 0.717) is 17.1 Å². The minimum absolute atomic E-state index is 0.225. The number of aromatic amines is 1. The van der Waals surface area contributed by atoms with Gasteiger partial charge in [-0.25, -0.2) is 0 Å². The van der Waals surface area contributed by atoms with E-state index in [4.69, 9.17) is 4.74 Å². The van der Waals surface area contributed by atoms with E-state index in [9.17, 15) is 4.79 Å². The van der Waals surface area contributed by atoms with E-state index in [0.717, 1.165) is 22.2 Å². The lowest BCUT2D eigenvalue weighted by Crippen LogP contribution is -2.26. The number of hydrogen-bond acceptors (Lipinski definition) is 4. The quantitative estimate of drug-likeness (QED) is 0.592. The first-order valence-corrected chi connectivity index (χ1v) is 8.50. The molecule has 0 radical (unpaired) electrons. The maximum absolute atomic E-state index is 13.4. The molecule has 1 N–H and O–H groups in total. The number of ether oxygens (including phenoxy) is 1. The van der Waals surface area contributed by atoms with Crippen LogP contribution in [0.5, 0.6) is 5.75 Å². The number of nitrogens with zero attached hydrogens (tertiary/aromatic N) is 3. The van der Waals surface area contributed by atoms with Gasteiger partial charge < -0.3 is 4.74 Å². The minimum atomic E-state index is -0.225. The number of aryl methyl sites for hydroxylation is 1. The average Bonchev–Trinajstić information content (AvgIpc) is 3.15. The molecule has 1 amide bonds. The lowest BCUT2D eigenvalue weighted by atomic mass is 10.1. The molecule has 2 aromatic heterocycles. The first-order valence-electron chi connectivity index (χ1n) is 8.50. The van der Waals surface area contributed by atoms with Crippen molar-refractivity contribution in [2.75, 3.05) is 12.0 Å². The molecule has 4 aromatic rings. The summed E-state index contributed by atoms with van der Waals surface area (Å²) in [5, 5.41) is 8.86. The molecule has 134 valence electrons. The van der Waals surface area contributed by atoms with Gasteiger partial charge in [0.25, 0.3) is 5.91 Å². The maximum atomic E-state index is 13.4. The largest absolute Gasteiger partial charge is 0.497 e. The zero-order chi connectivity index (χ0) is 18.8. The molecule has 0 atom stereocenters. The van der Waals surface area contributed by atoms with Crippen LogP contribution >= 0.6 is 0 Å². The number of aromatic nitrogens is 3. The van der Waals surface area contributed by atoms with Gasteiger partial charge in [0, 0.05) is 34.9 Å². The molecule has 2 heterocycles. The number of nitrogens with one attached hydrogen (secondary N) is 1. The van der Waals surface area contributed by atoms with Crippen LogP contribution in [0, 0.1) is 6.92 Å². The molecule has 6 heteroatoms. The van der Waals surface area contributed by atoms with Gasteiger partial charge in [-0.15, -0.1) is 0 Å². The van der Waals surface area contributed by atoms with Crippen LogP contribution in [0.1, 0.15) is 16.2 Å². The normalized spacial score (nSPS) is 10.7. The van der Waals surface area contributed by atoms with Gasteiger partial charge in [0.15, 0.2) is 5.69 Å². The van der Waals surface area contributed by atoms with Crippen molar-refractivity contribution in [1.29, 1.82) is 0 Å². The lowest BCUT2D eigenvalue weighted by molar-refractivity contribution is 0.0994. The molecule has 0 aliphatic rings. The van der Waals surface area contributed by atoms with Crippen molar-refractivity contribution in [3.63, 3.8) is 0 Å². The highest BCUT2D eigenvalue weighted by atomic mass is 16.5. The Labute approximate surface area is 156 Å². The third-order valence-corrected chi connectivity index (χ3v) is 4.34. The molecule has 6 nitrogen and oxygen atoms in total. The Morgan fingerprint density at radius 3 is 2.74 bits per heavy atom. The van der Waals surface area contributed by atoms with E-state index < -0.39 is 0 Å². The highest BCUT2D eigenvalue weighted by molar-refractivity contribution is 6.14. The van der Waals surface area contributed by atoms with E-state index in [1.165, 1.54) is 0 Å². The minimum Gasteiger partial charge on any atom is -0.497 e. The van der Waals surface area contributed by atoms with Crippen molar-refractivity contribution >= 4 is 28.1 Å². The van der Waals surface area contributed by atoms with Gasteiger partial charge in [0.05, 0.1) is 18.5 Å². The summed E-state index contributed by atoms with van der Waals surface area (Å²) < 4.78 is 5.35. The van der Waals surface area contributed by atoms with Gasteiger partial charge in [0.2, 0.25) is 0 Å². The maximum Gasteiger partial charge on any atom is 0.283 e. The predicted octanol–water partition coefficient (Wildman–Crippen LogP) is 4.25. The molecular weight excluding hydrogens is 340 g/mol. The van der Waals surface area contributed by atoms with Gasteiger partial charge in [-0.05, 0) is 37.3 Å².